The molecule has 68 valence electrons. The van der Waals surface area contributed by atoms with Crippen LogP contribution in [0.2, 0.25) is 0 Å². The van der Waals surface area contributed by atoms with E-state index in [2.05, 4.69) is 36.0 Å². The van der Waals surface area contributed by atoms with E-state index < -0.39 is 0 Å². The molecule has 1 aliphatic heterocycles. The maximum atomic E-state index is 4.54. The number of oxime groups is 2. The molecule has 0 aromatic carbocycles. The van der Waals surface area contributed by atoms with Gasteiger partial charge in [-0.2, -0.15) is 0 Å². The lowest BCUT2D eigenvalue weighted by Crippen LogP contribution is -2.31. The van der Waals surface area contributed by atoms with Gasteiger partial charge in [0.25, 0.3) is 0 Å². The van der Waals surface area contributed by atoms with Gasteiger partial charge in [0, 0.05) is 5.41 Å². The Morgan fingerprint density at radius 1 is 1.25 bits per heavy atom. The van der Waals surface area contributed by atoms with Crippen LogP contribution in [0.1, 0.15) is 33.6 Å². The number of hydrogen-bond acceptors (Lipinski definition) is 3. The zero-order valence-electron chi connectivity index (χ0n) is 7.95. The largest absolute Gasteiger partial charge is 0.245 e. The van der Waals surface area contributed by atoms with E-state index in [1.165, 1.54) is 0 Å². The molecule has 0 amide bonds. The van der Waals surface area contributed by atoms with Crippen molar-refractivity contribution >= 4 is 12.4 Å². The van der Waals surface area contributed by atoms with Crippen LogP contribution in [0.4, 0.5) is 0 Å². The third kappa shape index (κ3) is 1.65. The summed E-state index contributed by atoms with van der Waals surface area (Å²) >= 11 is 0. The summed E-state index contributed by atoms with van der Waals surface area (Å²) in [6.07, 6.45) is 5.98. The van der Waals surface area contributed by atoms with E-state index in [0.717, 1.165) is 12.8 Å². The Morgan fingerprint density at radius 3 is 2.17 bits per heavy atom. The van der Waals surface area contributed by atoms with Gasteiger partial charge in [-0.15, -0.1) is 0 Å². The van der Waals surface area contributed by atoms with Gasteiger partial charge in [0.15, 0.2) is 0 Å². The van der Waals surface area contributed by atoms with Gasteiger partial charge in [-0.05, 0) is 12.8 Å². The molecular formula is C9H16N2O. The fourth-order valence-electron chi connectivity index (χ4n) is 1.71. The molecule has 12 heavy (non-hydrogen) atoms. The highest BCUT2D eigenvalue weighted by atomic mass is 16.8. The first-order valence-electron chi connectivity index (χ1n) is 4.48. The standard InChI is InChI=1S/C9H16N2O/c1-4-8(5-2)9(3)6-10-12-11-7-9/h6-8H,4-5H2,1-3H3. The van der Waals surface area contributed by atoms with E-state index in [4.69, 9.17) is 0 Å². The Hall–Kier alpha value is -0.860. The van der Waals surface area contributed by atoms with Gasteiger partial charge in [-0.1, -0.05) is 37.0 Å². The molecule has 0 radical (unpaired) electrons. The van der Waals surface area contributed by atoms with Crippen LogP contribution in [-0.4, -0.2) is 12.4 Å². The quantitative estimate of drug-likeness (QED) is 0.637. The monoisotopic (exact) mass is 168 g/mol. The maximum Gasteiger partial charge on any atom is 0.0586 e. The van der Waals surface area contributed by atoms with Gasteiger partial charge < -0.3 is 0 Å². The minimum Gasteiger partial charge on any atom is -0.245 e. The van der Waals surface area contributed by atoms with Crippen molar-refractivity contribution in [3.05, 3.63) is 0 Å². The fraction of sp³-hybridized carbons (Fsp3) is 0.778. The van der Waals surface area contributed by atoms with Crippen molar-refractivity contribution in [2.75, 3.05) is 0 Å². The highest BCUT2D eigenvalue weighted by molar-refractivity contribution is 5.89. The SMILES string of the molecule is CCC(CC)C1(C)C=NON=C1. The van der Waals surface area contributed by atoms with E-state index >= 15 is 0 Å². The molecule has 0 N–H and O–H groups in total. The van der Waals surface area contributed by atoms with Crippen LogP contribution in [0, 0.1) is 11.3 Å². The normalized spacial score (nSPS) is 19.7. The average Bonchev–Trinajstić information content (AvgIpc) is 2.07. The first-order chi connectivity index (χ1) is 5.73. The number of rotatable bonds is 3. The third-order valence-corrected chi connectivity index (χ3v) is 2.62. The lowest BCUT2D eigenvalue weighted by atomic mass is 9.76. The molecule has 0 spiro atoms. The number of nitrogens with zero attached hydrogens (tertiary/aromatic N) is 2. The molecule has 0 unspecified atom stereocenters. The molecule has 0 aliphatic carbocycles. The van der Waals surface area contributed by atoms with Crippen LogP contribution in [0.25, 0.3) is 0 Å². The van der Waals surface area contributed by atoms with Gasteiger partial charge in [-0.25, -0.2) is 4.94 Å². The van der Waals surface area contributed by atoms with Crippen molar-refractivity contribution in [1.29, 1.82) is 0 Å². The molecule has 1 rings (SSSR count). The molecule has 1 aliphatic rings. The summed E-state index contributed by atoms with van der Waals surface area (Å²) < 4.78 is 0. The van der Waals surface area contributed by atoms with Crippen molar-refractivity contribution in [2.24, 2.45) is 21.6 Å². The van der Waals surface area contributed by atoms with Crippen molar-refractivity contribution in [1.82, 2.24) is 0 Å². The van der Waals surface area contributed by atoms with Crippen molar-refractivity contribution in [3.8, 4) is 0 Å². The summed E-state index contributed by atoms with van der Waals surface area (Å²) in [6.45, 7) is 6.52. The lowest BCUT2D eigenvalue weighted by molar-refractivity contribution is 0.142. The second kappa shape index (κ2) is 3.70. The molecule has 0 bridgehead atoms. The average molecular weight is 168 g/mol. The molecule has 0 aromatic rings. The van der Waals surface area contributed by atoms with Crippen LogP contribution in [0.5, 0.6) is 0 Å². The summed E-state index contributed by atoms with van der Waals surface area (Å²) in [4.78, 5) is 4.54. The second-order valence-corrected chi connectivity index (χ2v) is 3.43. The smallest absolute Gasteiger partial charge is 0.0586 e. The molecule has 0 atom stereocenters. The molecule has 3 heteroatoms. The van der Waals surface area contributed by atoms with Crippen LogP contribution < -0.4 is 0 Å². The summed E-state index contributed by atoms with van der Waals surface area (Å²) in [6, 6.07) is 0. The Morgan fingerprint density at radius 2 is 1.75 bits per heavy atom. The Balaban J connectivity index is 2.74. The van der Waals surface area contributed by atoms with Crippen LogP contribution in [-0.2, 0) is 4.94 Å². The fourth-order valence-corrected chi connectivity index (χ4v) is 1.71. The summed E-state index contributed by atoms with van der Waals surface area (Å²) in [5.74, 6) is 0.605. The minimum absolute atomic E-state index is 0.0122. The van der Waals surface area contributed by atoms with Crippen molar-refractivity contribution in [3.63, 3.8) is 0 Å². The maximum absolute atomic E-state index is 4.54. The molecular weight excluding hydrogens is 152 g/mol. The third-order valence-electron chi connectivity index (χ3n) is 2.62. The highest BCUT2D eigenvalue weighted by Gasteiger charge is 2.30. The molecule has 0 fully saturated rings. The van der Waals surface area contributed by atoms with Crippen molar-refractivity contribution in [2.45, 2.75) is 33.6 Å². The van der Waals surface area contributed by atoms with Gasteiger partial charge in [0.1, 0.15) is 0 Å². The Labute approximate surface area is 73.5 Å². The molecule has 0 aromatic heterocycles. The van der Waals surface area contributed by atoms with Crippen molar-refractivity contribution < 1.29 is 4.94 Å². The predicted octanol–water partition coefficient (Wildman–Crippen LogP) is 2.43. The molecule has 3 nitrogen and oxygen atoms in total. The van der Waals surface area contributed by atoms with Gasteiger partial charge >= 0.3 is 0 Å². The van der Waals surface area contributed by atoms with Crippen LogP contribution in [0.15, 0.2) is 10.3 Å². The minimum atomic E-state index is -0.0122. The van der Waals surface area contributed by atoms with E-state index in [1.54, 1.807) is 0 Å². The first-order valence-corrected chi connectivity index (χ1v) is 4.48. The van der Waals surface area contributed by atoms with E-state index in [-0.39, 0.29) is 5.41 Å². The lowest BCUT2D eigenvalue weighted by Gasteiger charge is -2.29. The van der Waals surface area contributed by atoms with Gasteiger partial charge in [-0.3, -0.25) is 0 Å². The zero-order valence-corrected chi connectivity index (χ0v) is 7.95. The first kappa shape index (κ1) is 9.23. The van der Waals surface area contributed by atoms with E-state index in [1.807, 2.05) is 12.4 Å². The number of hydrogen-bond donors (Lipinski definition) is 0. The molecule has 1 heterocycles. The summed E-state index contributed by atoms with van der Waals surface area (Å²) in [5.41, 5.74) is -0.0122. The topological polar surface area (TPSA) is 34.0 Å². The Bertz CT molecular complexity index is 183. The van der Waals surface area contributed by atoms with Crippen LogP contribution >= 0.6 is 0 Å². The van der Waals surface area contributed by atoms with Gasteiger partial charge in [0.2, 0.25) is 0 Å². The van der Waals surface area contributed by atoms with Gasteiger partial charge in [0.05, 0.1) is 12.4 Å². The molecule has 0 saturated carbocycles. The molecule has 0 saturated heterocycles. The zero-order chi connectivity index (χ0) is 9.03. The Kier molecular flexibility index (Phi) is 2.84. The second-order valence-electron chi connectivity index (χ2n) is 3.43. The van der Waals surface area contributed by atoms with E-state index in [9.17, 15) is 0 Å². The summed E-state index contributed by atoms with van der Waals surface area (Å²) in [5, 5.41) is 7.45. The summed E-state index contributed by atoms with van der Waals surface area (Å²) in [7, 11) is 0. The van der Waals surface area contributed by atoms with E-state index in [0.29, 0.717) is 5.92 Å². The predicted molar refractivity (Wildman–Crippen MR) is 50.2 cm³/mol. The van der Waals surface area contributed by atoms with Crippen LogP contribution in [0.3, 0.4) is 0 Å². The highest BCUT2D eigenvalue weighted by Crippen LogP contribution is 2.30.